The first-order valence-electron chi connectivity index (χ1n) is 9.17. The van der Waals surface area contributed by atoms with Crippen molar-refractivity contribution >= 4 is 11.6 Å². The molecule has 1 unspecified atom stereocenters. The van der Waals surface area contributed by atoms with Gasteiger partial charge in [-0.3, -0.25) is 4.98 Å². The summed E-state index contributed by atoms with van der Waals surface area (Å²) >= 11 is 0. The zero-order valence-corrected chi connectivity index (χ0v) is 15.9. The lowest BCUT2D eigenvalue weighted by Crippen LogP contribution is -2.13. The van der Waals surface area contributed by atoms with Crippen molar-refractivity contribution in [2.24, 2.45) is 0 Å². The van der Waals surface area contributed by atoms with Crippen molar-refractivity contribution in [2.75, 3.05) is 20.3 Å². The highest BCUT2D eigenvalue weighted by molar-refractivity contribution is 5.80. The SMILES string of the molecule is C=C(COC)C1=CCOC1CC/C(=C/c1ccc(O)c(F)c1)c1ccccn1. The maximum absolute atomic E-state index is 13.7. The van der Waals surface area contributed by atoms with E-state index in [1.807, 2.05) is 30.4 Å². The monoisotopic (exact) mass is 381 g/mol. The number of hydrogen-bond acceptors (Lipinski definition) is 4. The predicted octanol–water partition coefficient (Wildman–Crippen LogP) is 4.77. The summed E-state index contributed by atoms with van der Waals surface area (Å²) in [7, 11) is 1.65. The minimum absolute atomic E-state index is 0.0497. The quantitative estimate of drug-likeness (QED) is 0.715. The molecule has 0 saturated heterocycles. The average Bonchev–Trinajstić information content (AvgIpc) is 3.17. The van der Waals surface area contributed by atoms with E-state index in [-0.39, 0.29) is 11.9 Å². The molecule has 0 aliphatic carbocycles. The number of allylic oxidation sites excluding steroid dienone is 1. The fourth-order valence-electron chi connectivity index (χ4n) is 3.27. The third kappa shape index (κ3) is 4.94. The zero-order chi connectivity index (χ0) is 19.9. The molecule has 28 heavy (non-hydrogen) atoms. The van der Waals surface area contributed by atoms with Crippen molar-refractivity contribution in [2.45, 2.75) is 18.9 Å². The molecule has 2 heterocycles. The summed E-state index contributed by atoms with van der Waals surface area (Å²) in [6, 6.07) is 10.1. The van der Waals surface area contributed by atoms with Crippen LogP contribution in [0, 0.1) is 5.82 Å². The summed E-state index contributed by atoms with van der Waals surface area (Å²) in [5.41, 5.74) is 4.47. The standard InChI is InChI=1S/C23H24FNO3/c1-16(15-27-2)19-10-12-28-23(19)9-7-18(21-5-3-4-11-25-21)13-17-6-8-22(26)20(24)14-17/h3-6,8,10-11,13-14,23,26H,1,7,9,12,15H2,2H3/b18-13-. The maximum Gasteiger partial charge on any atom is 0.165 e. The van der Waals surface area contributed by atoms with E-state index in [2.05, 4.69) is 11.6 Å². The molecule has 1 aromatic heterocycles. The minimum Gasteiger partial charge on any atom is -0.505 e. The van der Waals surface area contributed by atoms with Crippen molar-refractivity contribution < 1.29 is 19.0 Å². The first-order chi connectivity index (χ1) is 13.6. The Kier molecular flexibility index (Phi) is 6.74. The van der Waals surface area contributed by atoms with E-state index in [1.54, 1.807) is 19.4 Å². The molecule has 146 valence electrons. The van der Waals surface area contributed by atoms with Crippen LogP contribution in [0.25, 0.3) is 11.6 Å². The third-order valence-corrected chi connectivity index (χ3v) is 4.66. The Hall–Kier alpha value is -2.76. The number of ether oxygens (including phenoxy) is 2. The number of phenolic OH excluding ortho intramolecular Hbond substituents is 1. The first-order valence-corrected chi connectivity index (χ1v) is 9.17. The van der Waals surface area contributed by atoms with E-state index in [4.69, 9.17) is 9.47 Å². The normalized spacial score (nSPS) is 16.9. The second-order valence-electron chi connectivity index (χ2n) is 6.65. The molecule has 1 aliphatic rings. The highest BCUT2D eigenvalue weighted by Gasteiger charge is 2.22. The summed E-state index contributed by atoms with van der Waals surface area (Å²) in [4.78, 5) is 4.44. The van der Waals surface area contributed by atoms with Gasteiger partial charge < -0.3 is 14.6 Å². The Bertz CT molecular complexity index is 890. The van der Waals surface area contributed by atoms with Crippen molar-refractivity contribution in [3.63, 3.8) is 0 Å². The molecule has 3 rings (SSSR count). The van der Waals surface area contributed by atoms with Crippen LogP contribution in [-0.2, 0) is 9.47 Å². The van der Waals surface area contributed by atoms with Gasteiger partial charge in [0.1, 0.15) is 0 Å². The van der Waals surface area contributed by atoms with E-state index < -0.39 is 5.82 Å². The smallest absolute Gasteiger partial charge is 0.165 e. The van der Waals surface area contributed by atoms with Crippen LogP contribution in [0.1, 0.15) is 24.1 Å². The van der Waals surface area contributed by atoms with Gasteiger partial charge in [0.25, 0.3) is 0 Å². The lowest BCUT2D eigenvalue weighted by atomic mass is 9.95. The fraction of sp³-hybridized carbons (Fsp3) is 0.261. The number of nitrogens with zero attached hydrogens (tertiary/aromatic N) is 1. The molecule has 0 saturated carbocycles. The summed E-state index contributed by atoms with van der Waals surface area (Å²) in [5, 5.41) is 9.42. The Morgan fingerprint density at radius 2 is 2.25 bits per heavy atom. The van der Waals surface area contributed by atoms with Gasteiger partial charge >= 0.3 is 0 Å². The molecule has 0 radical (unpaired) electrons. The van der Waals surface area contributed by atoms with Crippen LogP contribution in [0.5, 0.6) is 5.75 Å². The van der Waals surface area contributed by atoms with Crippen molar-refractivity contribution in [1.29, 1.82) is 0 Å². The molecular weight excluding hydrogens is 357 g/mol. The molecule has 0 fully saturated rings. The van der Waals surface area contributed by atoms with Gasteiger partial charge in [0.05, 0.1) is 25.0 Å². The van der Waals surface area contributed by atoms with Gasteiger partial charge in [-0.25, -0.2) is 4.39 Å². The Labute approximate surface area is 164 Å². The average molecular weight is 381 g/mol. The number of rotatable bonds is 8. The molecule has 0 spiro atoms. The lowest BCUT2D eigenvalue weighted by Gasteiger charge is -2.17. The predicted molar refractivity (Wildman–Crippen MR) is 108 cm³/mol. The highest BCUT2D eigenvalue weighted by Crippen LogP contribution is 2.30. The highest BCUT2D eigenvalue weighted by atomic mass is 19.1. The maximum atomic E-state index is 13.7. The number of aromatic nitrogens is 1. The van der Waals surface area contributed by atoms with Gasteiger partial charge in [-0.05, 0) is 65.5 Å². The number of aromatic hydroxyl groups is 1. The Balaban J connectivity index is 1.80. The number of pyridine rings is 1. The Morgan fingerprint density at radius 3 is 2.96 bits per heavy atom. The molecule has 4 nitrogen and oxygen atoms in total. The van der Waals surface area contributed by atoms with Gasteiger partial charge in [-0.1, -0.05) is 24.8 Å². The van der Waals surface area contributed by atoms with E-state index >= 15 is 0 Å². The van der Waals surface area contributed by atoms with Crippen LogP contribution >= 0.6 is 0 Å². The molecule has 1 N–H and O–H groups in total. The van der Waals surface area contributed by atoms with Crippen molar-refractivity contribution in [1.82, 2.24) is 4.98 Å². The van der Waals surface area contributed by atoms with Crippen LogP contribution < -0.4 is 0 Å². The lowest BCUT2D eigenvalue weighted by molar-refractivity contribution is 0.116. The molecule has 5 heteroatoms. The van der Waals surface area contributed by atoms with E-state index in [9.17, 15) is 9.50 Å². The van der Waals surface area contributed by atoms with E-state index in [0.717, 1.165) is 28.8 Å². The fourth-order valence-corrected chi connectivity index (χ4v) is 3.27. The van der Waals surface area contributed by atoms with Gasteiger partial charge in [-0.2, -0.15) is 0 Å². The Morgan fingerprint density at radius 1 is 1.39 bits per heavy atom. The summed E-state index contributed by atoms with van der Waals surface area (Å²) < 4.78 is 24.8. The van der Waals surface area contributed by atoms with Crippen LogP contribution in [0.15, 0.2) is 66.4 Å². The van der Waals surface area contributed by atoms with Crippen LogP contribution in [0.3, 0.4) is 0 Å². The van der Waals surface area contributed by atoms with E-state index in [0.29, 0.717) is 25.2 Å². The molecule has 2 aromatic rings. The number of methoxy groups -OCH3 is 1. The van der Waals surface area contributed by atoms with Gasteiger partial charge in [0.15, 0.2) is 11.6 Å². The van der Waals surface area contributed by atoms with Crippen molar-refractivity contribution in [3.05, 3.63) is 83.5 Å². The van der Waals surface area contributed by atoms with Crippen LogP contribution in [-0.4, -0.2) is 36.5 Å². The number of halogens is 1. The summed E-state index contributed by atoms with van der Waals surface area (Å²) in [6.45, 7) is 5.12. The van der Waals surface area contributed by atoms with Gasteiger partial charge in [0.2, 0.25) is 0 Å². The van der Waals surface area contributed by atoms with Gasteiger partial charge in [-0.15, -0.1) is 0 Å². The first kappa shape index (κ1) is 20.0. The van der Waals surface area contributed by atoms with Crippen LogP contribution in [0.2, 0.25) is 0 Å². The zero-order valence-electron chi connectivity index (χ0n) is 15.9. The number of benzene rings is 1. The number of hydrogen-bond donors (Lipinski definition) is 1. The molecule has 1 atom stereocenters. The van der Waals surface area contributed by atoms with Gasteiger partial charge in [0, 0.05) is 13.3 Å². The molecule has 1 aliphatic heterocycles. The molecule has 0 bridgehead atoms. The minimum atomic E-state index is -0.644. The molecular formula is C23H24FNO3. The second-order valence-corrected chi connectivity index (χ2v) is 6.65. The van der Waals surface area contributed by atoms with Crippen LogP contribution in [0.4, 0.5) is 4.39 Å². The summed E-state index contributed by atoms with van der Waals surface area (Å²) in [5.74, 6) is -1.00. The van der Waals surface area contributed by atoms with E-state index in [1.165, 1.54) is 12.1 Å². The second kappa shape index (κ2) is 9.44. The van der Waals surface area contributed by atoms with Crippen molar-refractivity contribution in [3.8, 4) is 5.75 Å². The topological polar surface area (TPSA) is 51.6 Å². The summed E-state index contributed by atoms with van der Waals surface area (Å²) in [6.07, 6.45) is 7.07. The molecule has 0 amide bonds. The molecule has 1 aromatic carbocycles. The third-order valence-electron chi connectivity index (χ3n) is 4.66. The number of phenols is 1. The largest absolute Gasteiger partial charge is 0.505 e.